The Morgan fingerprint density at radius 2 is 1.56 bits per heavy atom. The maximum atomic E-state index is 12.2. The largest absolute Gasteiger partial charge is 0.481 e. The molecule has 0 aliphatic heterocycles. The molecule has 12 heteroatoms. The third-order valence-corrected chi connectivity index (χ3v) is 6.82. The second kappa shape index (κ2) is 13.9. The molecule has 0 saturated carbocycles. The number of carbonyl (C=O) groups is 3. The molecule has 0 unspecified atom stereocenters. The third-order valence-electron chi connectivity index (χ3n) is 5.49. The number of rotatable bonds is 14. The van der Waals surface area contributed by atoms with Crippen molar-refractivity contribution in [2.24, 2.45) is 5.92 Å². The van der Waals surface area contributed by atoms with Crippen LogP contribution in [0.5, 0.6) is 0 Å². The van der Waals surface area contributed by atoms with E-state index in [1.165, 1.54) is 12.1 Å². The second-order valence-electron chi connectivity index (χ2n) is 10.1. The summed E-state index contributed by atoms with van der Waals surface area (Å²) in [6, 6.07) is 11.9. The van der Waals surface area contributed by atoms with Crippen LogP contribution in [0.25, 0.3) is 0 Å². The molecule has 1 amide bonds. The van der Waals surface area contributed by atoms with Crippen molar-refractivity contribution in [2.45, 2.75) is 63.5 Å². The van der Waals surface area contributed by atoms with E-state index in [1.807, 2.05) is 6.92 Å². The number of amides is 1. The van der Waals surface area contributed by atoms with E-state index in [0.29, 0.717) is 18.5 Å². The number of aryl methyl sites for hydroxylation is 1. The van der Waals surface area contributed by atoms with Crippen LogP contribution in [0.3, 0.4) is 0 Å². The van der Waals surface area contributed by atoms with Gasteiger partial charge in [0.05, 0.1) is 17.4 Å². The second-order valence-corrected chi connectivity index (χ2v) is 11.7. The zero-order chi connectivity index (χ0) is 29.2. The monoisotopic (exact) mass is 564 g/mol. The Balaban J connectivity index is 1.85. The average Bonchev–Trinajstić information content (AvgIpc) is 2.82. The van der Waals surface area contributed by atoms with Gasteiger partial charge in [-0.15, -0.1) is 0 Å². The average molecular weight is 565 g/mol. The molecule has 2 aromatic rings. The Bertz CT molecular complexity index is 1220. The summed E-state index contributed by atoms with van der Waals surface area (Å²) >= 11 is 0. The molecule has 214 valence electrons. The number of aliphatic carboxylic acids is 2. The molecule has 0 aromatic heterocycles. The number of benzene rings is 2. The van der Waals surface area contributed by atoms with Crippen molar-refractivity contribution in [1.29, 1.82) is 0 Å². The number of hydrogen-bond donors (Lipinski definition) is 4. The summed E-state index contributed by atoms with van der Waals surface area (Å²) in [5.74, 6) is -3.61. The summed E-state index contributed by atoms with van der Waals surface area (Å²) in [4.78, 5) is 35.5. The van der Waals surface area contributed by atoms with Gasteiger partial charge in [0.15, 0.2) is 0 Å². The zero-order valence-corrected chi connectivity index (χ0v) is 23.3. The summed E-state index contributed by atoms with van der Waals surface area (Å²) < 4.78 is 34.6. The molecule has 0 spiro atoms. The molecule has 0 radical (unpaired) electrons. The molecule has 11 nitrogen and oxygen atoms in total. The smallest absolute Gasteiger partial charge is 0.408 e. The number of alkyl carbamates (subject to hydrolysis) is 1. The van der Waals surface area contributed by atoms with Crippen LogP contribution in [0.2, 0.25) is 0 Å². The van der Waals surface area contributed by atoms with E-state index in [9.17, 15) is 33.0 Å². The molecule has 0 fully saturated rings. The lowest BCUT2D eigenvalue weighted by Crippen LogP contribution is -2.45. The topological polar surface area (TPSA) is 168 Å². The first-order chi connectivity index (χ1) is 18.2. The number of carbonyl (C=O) groups excluding carboxylic acids is 1. The first-order valence-electron chi connectivity index (χ1n) is 12.4. The maximum absolute atomic E-state index is 12.2. The fourth-order valence-electron chi connectivity index (χ4n) is 3.52. The number of anilines is 1. The van der Waals surface area contributed by atoms with Crippen LogP contribution in [-0.4, -0.2) is 61.5 Å². The van der Waals surface area contributed by atoms with Gasteiger partial charge in [-0.05, 0) is 76.8 Å². The molecular weight excluding hydrogens is 528 g/mol. The van der Waals surface area contributed by atoms with Gasteiger partial charge in [-0.3, -0.25) is 8.98 Å². The highest BCUT2D eigenvalue weighted by atomic mass is 32.2. The van der Waals surface area contributed by atoms with Crippen molar-refractivity contribution in [2.75, 3.05) is 18.5 Å². The van der Waals surface area contributed by atoms with E-state index < -0.39 is 45.7 Å². The van der Waals surface area contributed by atoms with Gasteiger partial charge in [-0.25, -0.2) is 9.59 Å². The van der Waals surface area contributed by atoms with Gasteiger partial charge < -0.3 is 25.6 Å². The van der Waals surface area contributed by atoms with Gasteiger partial charge >= 0.3 is 18.0 Å². The van der Waals surface area contributed by atoms with Crippen molar-refractivity contribution in [1.82, 2.24) is 5.32 Å². The summed E-state index contributed by atoms with van der Waals surface area (Å²) in [7, 11) is -3.82. The first kappa shape index (κ1) is 31.6. The van der Waals surface area contributed by atoms with E-state index in [-0.39, 0.29) is 24.3 Å². The molecule has 39 heavy (non-hydrogen) atoms. The quantitative estimate of drug-likeness (QED) is 0.195. The van der Waals surface area contributed by atoms with Crippen LogP contribution >= 0.6 is 0 Å². The van der Waals surface area contributed by atoms with Gasteiger partial charge in [0.25, 0.3) is 10.1 Å². The number of carboxylic acids is 2. The van der Waals surface area contributed by atoms with Crippen LogP contribution in [0.4, 0.5) is 10.5 Å². The normalized spacial score (nSPS) is 13.2. The van der Waals surface area contributed by atoms with Gasteiger partial charge in [0, 0.05) is 12.2 Å². The Labute approximate surface area is 228 Å². The Morgan fingerprint density at radius 3 is 2.10 bits per heavy atom. The number of ether oxygens (including phenoxy) is 1. The molecule has 2 atom stereocenters. The molecule has 2 rings (SSSR count). The number of carboxylic acid groups (broad SMARTS) is 2. The minimum atomic E-state index is -3.82. The molecule has 0 bridgehead atoms. The van der Waals surface area contributed by atoms with E-state index in [4.69, 9.17) is 8.92 Å². The van der Waals surface area contributed by atoms with Crippen molar-refractivity contribution in [3.8, 4) is 0 Å². The highest BCUT2D eigenvalue weighted by molar-refractivity contribution is 7.86. The minimum Gasteiger partial charge on any atom is -0.481 e. The van der Waals surface area contributed by atoms with E-state index >= 15 is 0 Å². The Morgan fingerprint density at radius 1 is 0.949 bits per heavy atom. The molecule has 0 saturated heterocycles. The lowest BCUT2D eigenvalue weighted by molar-refractivity contribution is -0.144. The van der Waals surface area contributed by atoms with Crippen LogP contribution in [-0.2, 0) is 35.0 Å². The maximum Gasteiger partial charge on any atom is 0.408 e. The van der Waals surface area contributed by atoms with Crippen LogP contribution in [0, 0.1) is 12.8 Å². The van der Waals surface area contributed by atoms with Crippen molar-refractivity contribution in [3.63, 3.8) is 0 Å². The van der Waals surface area contributed by atoms with E-state index in [2.05, 4.69) is 10.6 Å². The summed E-state index contributed by atoms with van der Waals surface area (Å²) in [6.07, 6.45) is -0.780. The highest BCUT2D eigenvalue weighted by Crippen LogP contribution is 2.19. The van der Waals surface area contributed by atoms with Crippen molar-refractivity contribution >= 4 is 33.8 Å². The summed E-state index contributed by atoms with van der Waals surface area (Å²) in [6.45, 7) is 7.20. The zero-order valence-electron chi connectivity index (χ0n) is 22.5. The standard InChI is InChI=1S/C27H36N2O9S/c1-18-6-12-22(13-7-18)39(35,36)37-15-5-14-28-21-10-8-19(9-11-21)16-20(24(30)31)17-23(25(32)33)29-26(34)38-27(2,3)4/h6-13,20,23,28H,5,14-17H2,1-4H3,(H,29,34)(H,30,31)(H,32,33)/t20-,23-/m0/s1. The predicted octanol–water partition coefficient (Wildman–Crippen LogP) is 3.81. The minimum absolute atomic E-state index is 0.00363. The Kier molecular flexibility index (Phi) is 11.3. The van der Waals surface area contributed by atoms with E-state index in [0.717, 1.165) is 11.3 Å². The number of nitrogens with one attached hydrogen (secondary N) is 2. The van der Waals surface area contributed by atoms with Crippen LogP contribution in [0.1, 0.15) is 44.7 Å². The molecule has 4 N–H and O–H groups in total. The lowest BCUT2D eigenvalue weighted by Gasteiger charge is -2.23. The summed E-state index contributed by atoms with van der Waals surface area (Å²) in [5.41, 5.74) is 1.52. The SMILES string of the molecule is Cc1ccc(S(=O)(=O)OCCCNc2ccc(C[C@@H](C[C@H](NC(=O)OC(C)(C)C)C(=O)O)C(=O)O)cc2)cc1. The van der Waals surface area contributed by atoms with Gasteiger partial charge in [-0.1, -0.05) is 29.8 Å². The van der Waals surface area contributed by atoms with Gasteiger partial charge in [0.1, 0.15) is 11.6 Å². The first-order valence-corrected chi connectivity index (χ1v) is 13.8. The van der Waals surface area contributed by atoms with Crippen LogP contribution < -0.4 is 10.6 Å². The van der Waals surface area contributed by atoms with Crippen molar-refractivity contribution in [3.05, 3.63) is 59.7 Å². The molecule has 0 aliphatic rings. The fraction of sp³-hybridized carbons (Fsp3) is 0.444. The third kappa shape index (κ3) is 11.3. The van der Waals surface area contributed by atoms with Gasteiger partial charge in [0.2, 0.25) is 0 Å². The lowest BCUT2D eigenvalue weighted by atomic mass is 9.92. The molecule has 0 aliphatic carbocycles. The fourth-order valence-corrected chi connectivity index (χ4v) is 4.46. The Hall–Kier alpha value is -3.64. The molecular formula is C27H36N2O9S. The van der Waals surface area contributed by atoms with E-state index in [1.54, 1.807) is 57.2 Å². The van der Waals surface area contributed by atoms with Gasteiger partial charge in [-0.2, -0.15) is 8.42 Å². The molecule has 2 aromatic carbocycles. The molecule has 0 heterocycles. The number of hydrogen-bond acceptors (Lipinski definition) is 8. The predicted molar refractivity (Wildman–Crippen MR) is 144 cm³/mol. The van der Waals surface area contributed by atoms with Crippen molar-refractivity contribution < 1.29 is 41.9 Å². The van der Waals surface area contributed by atoms with Crippen LogP contribution in [0.15, 0.2) is 53.4 Å². The highest BCUT2D eigenvalue weighted by Gasteiger charge is 2.30. The summed E-state index contributed by atoms with van der Waals surface area (Å²) in [5, 5.41) is 24.5.